The van der Waals surface area contributed by atoms with Crippen LogP contribution < -0.4 is 11.1 Å². The van der Waals surface area contributed by atoms with Gasteiger partial charge in [-0.15, -0.1) is 0 Å². The lowest BCUT2D eigenvalue weighted by Gasteiger charge is -2.61. The predicted molar refractivity (Wildman–Crippen MR) is 77.6 cm³/mol. The number of fused-ring (bicyclic) bond motifs is 1. The van der Waals surface area contributed by atoms with E-state index in [9.17, 15) is 14.7 Å². The Morgan fingerprint density at radius 2 is 2.10 bits per heavy atom. The largest absolute Gasteiger partial charge is 0.480 e. The van der Waals surface area contributed by atoms with E-state index < -0.39 is 22.5 Å². The summed E-state index contributed by atoms with van der Waals surface area (Å²) in [5.74, 6) is -1.44. The van der Waals surface area contributed by atoms with Crippen LogP contribution in [0.4, 0.5) is 0 Å². The molecule has 1 heterocycles. The molecule has 2 rings (SSSR count). The minimum Gasteiger partial charge on any atom is -0.480 e. The van der Waals surface area contributed by atoms with Crippen molar-refractivity contribution in [3.8, 4) is 0 Å². The van der Waals surface area contributed by atoms with E-state index in [4.69, 9.17) is 10.5 Å². The lowest BCUT2D eigenvalue weighted by molar-refractivity contribution is -0.178. The standard InChI is InChI=1S/C15H26N2O4/c1-5-7-14(4,12(19)20)17-11(18)15(16)9-6-8-21-10(9)13(15,2)3/h9-10H,5-8,16H2,1-4H3,(H,17,18)(H,19,20). The lowest BCUT2D eigenvalue weighted by Crippen LogP contribution is -2.81. The number of rotatable bonds is 5. The Kier molecular flexibility index (Phi) is 3.83. The highest BCUT2D eigenvalue weighted by Gasteiger charge is 2.71. The zero-order valence-electron chi connectivity index (χ0n) is 13.2. The van der Waals surface area contributed by atoms with Gasteiger partial charge in [0.25, 0.3) is 0 Å². The first kappa shape index (κ1) is 16.2. The molecule has 0 radical (unpaired) electrons. The van der Waals surface area contributed by atoms with Gasteiger partial charge in [0.05, 0.1) is 6.10 Å². The molecule has 0 aromatic carbocycles. The number of carboxylic acids is 1. The highest BCUT2D eigenvalue weighted by Crippen LogP contribution is 2.58. The molecule has 21 heavy (non-hydrogen) atoms. The highest BCUT2D eigenvalue weighted by atomic mass is 16.5. The fourth-order valence-electron chi connectivity index (χ4n) is 3.92. The van der Waals surface area contributed by atoms with Crippen molar-refractivity contribution in [2.45, 2.75) is 64.1 Å². The zero-order chi connectivity index (χ0) is 16.1. The van der Waals surface area contributed by atoms with Crippen LogP contribution in [0, 0.1) is 11.3 Å². The van der Waals surface area contributed by atoms with Crippen molar-refractivity contribution < 1.29 is 19.4 Å². The molecule has 4 unspecified atom stereocenters. The molecule has 120 valence electrons. The molecule has 0 spiro atoms. The van der Waals surface area contributed by atoms with Crippen molar-refractivity contribution >= 4 is 11.9 Å². The molecule has 1 aliphatic heterocycles. The summed E-state index contributed by atoms with van der Waals surface area (Å²) < 4.78 is 5.66. The van der Waals surface area contributed by atoms with Crippen LogP contribution in [0.5, 0.6) is 0 Å². The monoisotopic (exact) mass is 298 g/mol. The zero-order valence-corrected chi connectivity index (χ0v) is 13.2. The van der Waals surface area contributed by atoms with E-state index in [1.54, 1.807) is 0 Å². The van der Waals surface area contributed by atoms with Crippen LogP contribution in [-0.4, -0.2) is 40.8 Å². The molecule has 1 aliphatic carbocycles. The molecule has 2 fully saturated rings. The number of nitrogens with one attached hydrogen (secondary N) is 1. The van der Waals surface area contributed by atoms with Gasteiger partial charge < -0.3 is 20.9 Å². The Labute approximate surface area is 125 Å². The number of ether oxygens (including phenoxy) is 1. The van der Waals surface area contributed by atoms with Crippen molar-refractivity contribution in [3.63, 3.8) is 0 Å². The predicted octanol–water partition coefficient (Wildman–Crippen LogP) is 0.888. The summed E-state index contributed by atoms with van der Waals surface area (Å²) in [5, 5.41) is 12.1. The topological polar surface area (TPSA) is 102 Å². The Hall–Kier alpha value is -1.14. The third kappa shape index (κ3) is 2.07. The van der Waals surface area contributed by atoms with Crippen LogP contribution in [-0.2, 0) is 14.3 Å². The third-order valence-corrected chi connectivity index (χ3v) is 5.44. The number of carboxylic acid groups (broad SMARTS) is 1. The molecule has 1 saturated heterocycles. The third-order valence-electron chi connectivity index (χ3n) is 5.44. The number of hydrogen-bond acceptors (Lipinski definition) is 4. The molecule has 0 aromatic rings. The average molecular weight is 298 g/mol. The summed E-state index contributed by atoms with van der Waals surface area (Å²) in [7, 11) is 0. The minimum atomic E-state index is -1.28. The van der Waals surface area contributed by atoms with Gasteiger partial charge in [-0.05, 0) is 19.8 Å². The normalized spacial score (nSPS) is 36.2. The van der Waals surface area contributed by atoms with Crippen LogP contribution in [0.25, 0.3) is 0 Å². The van der Waals surface area contributed by atoms with Gasteiger partial charge in [-0.2, -0.15) is 0 Å². The second-order valence-electron chi connectivity index (χ2n) is 7.12. The highest BCUT2D eigenvalue weighted by molar-refractivity contribution is 5.94. The Balaban J connectivity index is 2.21. The van der Waals surface area contributed by atoms with Crippen LogP contribution in [0.2, 0.25) is 0 Å². The summed E-state index contributed by atoms with van der Waals surface area (Å²) in [6, 6.07) is 0. The van der Waals surface area contributed by atoms with Crippen LogP contribution in [0.1, 0.15) is 47.0 Å². The van der Waals surface area contributed by atoms with Crippen molar-refractivity contribution in [2.75, 3.05) is 6.61 Å². The lowest BCUT2D eigenvalue weighted by atomic mass is 9.47. The summed E-state index contributed by atoms with van der Waals surface area (Å²) in [4.78, 5) is 24.2. The second kappa shape index (κ2) is 4.95. The number of aliphatic carboxylic acids is 1. The molecule has 4 N–H and O–H groups in total. The van der Waals surface area contributed by atoms with Crippen LogP contribution in [0.3, 0.4) is 0 Å². The average Bonchev–Trinajstić information content (AvgIpc) is 2.85. The van der Waals surface area contributed by atoms with Crippen molar-refractivity contribution in [1.82, 2.24) is 5.32 Å². The van der Waals surface area contributed by atoms with E-state index in [0.717, 1.165) is 6.42 Å². The molecule has 6 nitrogen and oxygen atoms in total. The van der Waals surface area contributed by atoms with Gasteiger partial charge in [-0.3, -0.25) is 4.79 Å². The van der Waals surface area contributed by atoms with Gasteiger partial charge in [-0.25, -0.2) is 4.79 Å². The summed E-state index contributed by atoms with van der Waals surface area (Å²) >= 11 is 0. The molecule has 4 atom stereocenters. The van der Waals surface area contributed by atoms with Gasteiger partial charge in [0.15, 0.2) is 0 Å². The minimum absolute atomic E-state index is 0.0180. The number of hydrogen-bond donors (Lipinski definition) is 3. The molecular formula is C15H26N2O4. The first-order valence-electron chi connectivity index (χ1n) is 7.57. The Morgan fingerprint density at radius 3 is 2.62 bits per heavy atom. The molecule has 6 heteroatoms. The molecule has 0 aromatic heterocycles. The van der Waals surface area contributed by atoms with Gasteiger partial charge in [0.1, 0.15) is 11.1 Å². The maximum atomic E-state index is 12.7. The second-order valence-corrected chi connectivity index (χ2v) is 7.12. The quantitative estimate of drug-likeness (QED) is 0.699. The number of carbonyl (C=O) groups excluding carboxylic acids is 1. The van der Waals surface area contributed by atoms with E-state index in [1.807, 2.05) is 20.8 Å². The molecule has 1 amide bonds. The summed E-state index contributed by atoms with van der Waals surface area (Å²) in [5.41, 5.74) is 3.58. The van der Waals surface area contributed by atoms with E-state index in [0.29, 0.717) is 19.4 Å². The van der Waals surface area contributed by atoms with Crippen molar-refractivity contribution in [2.24, 2.45) is 17.1 Å². The van der Waals surface area contributed by atoms with Gasteiger partial charge in [0, 0.05) is 17.9 Å². The van der Waals surface area contributed by atoms with E-state index in [-0.39, 0.29) is 17.9 Å². The van der Waals surface area contributed by atoms with Crippen molar-refractivity contribution in [3.05, 3.63) is 0 Å². The number of nitrogens with two attached hydrogens (primary N) is 1. The van der Waals surface area contributed by atoms with Crippen LogP contribution in [0.15, 0.2) is 0 Å². The fourth-order valence-corrected chi connectivity index (χ4v) is 3.92. The van der Waals surface area contributed by atoms with Crippen LogP contribution >= 0.6 is 0 Å². The van der Waals surface area contributed by atoms with E-state index >= 15 is 0 Å². The number of carbonyl (C=O) groups is 2. The maximum Gasteiger partial charge on any atom is 0.329 e. The maximum absolute atomic E-state index is 12.7. The van der Waals surface area contributed by atoms with Gasteiger partial charge >= 0.3 is 5.97 Å². The Morgan fingerprint density at radius 1 is 1.48 bits per heavy atom. The molecule has 2 aliphatic rings. The fraction of sp³-hybridized carbons (Fsp3) is 0.867. The molecule has 0 bridgehead atoms. The van der Waals surface area contributed by atoms with E-state index in [1.165, 1.54) is 6.92 Å². The first-order chi connectivity index (χ1) is 9.61. The van der Waals surface area contributed by atoms with Gasteiger partial charge in [-0.1, -0.05) is 27.2 Å². The Bertz CT molecular complexity index is 465. The SMILES string of the molecule is CCCC(C)(NC(=O)C1(N)C2CCOC2C1(C)C)C(=O)O. The summed E-state index contributed by atoms with van der Waals surface area (Å²) in [6.07, 6.45) is 1.76. The number of amides is 1. The smallest absolute Gasteiger partial charge is 0.329 e. The van der Waals surface area contributed by atoms with E-state index in [2.05, 4.69) is 5.32 Å². The molecule has 1 saturated carbocycles. The van der Waals surface area contributed by atoms with Crippen molar-refractivity contribution in [1.29, 1.82) is 0 Å². The summed E-state index contributed by atoms with van der Waals surface area (Å²) in [6.45, 7) is 7.86. The first-order valence-corrected chi connectivity index (χ1v) is 7.57. The van der Waals surface area contributed by atoms with Gasteiger partial charge in [0.2, 0.25) is 5.91 Å². The molecular weight excluding hydrogens is 272 g/mol.